The van der Waals surface area contributed by atoms with Crippen molar-refractivity contribution in [2.75, 3.05) is 24.2 Å². The molecule has 2 amide bonds. The van der Waals surface area contributed by atoms with Crippen molar-refractivity contribution >= 4 is 27.5 Å². The lowest BCUT2D eigenvalue weighted by molar-refractivity contribution is -0.140. The predicted molar refractivity (Wildman–Crippen MR) is 123 cm³/mol. The normalized spacial score (nSPS) is 12.2. The second-order valence-electron chi connectivity index (χ2n) is 7.60. The number of hydrogen-bond donors (Lipinski definition) is 1. The molecule has 0 aliphatic carbocycles. The summed E-state index contributed by atoms with van der Waals surface area (Å²) in [5, 5.41) is 2.61. The van der Waals surface area contributed by atoms with Crippen molar-refractivity contribution in [2.24, 2.45) is 0 Å². The quantitative estimate of drug-likeness (QED) is 0.643. The molecule has 0 aromatic heterocycles. The summed E-state index contributed by atoms with van der Waals surface area (Å²) in [6.07, 6.45) is 1.48. The molecule has 0 spiro atoms. The maximum atomic E-state index is 13.4. The minimum Gasteiger partial charge on any atom is -0.357 e. The third kappa shape index (κ3) is 6.30. The van der Waals surface area contributed by atoms with Gasteiger partial charge in [0, 0.05) is 13.6 Å². The summed E-state index contributed by atoms with van der Waals surface area (Å²) in [7, 11) is -2.20. The summed E-state index contributed by atoms with van der Waals surface area (Å²) >= 11 is 0. The Bertz CT molecular complexity index is 1020. The van der Waals surface area contributed by atoms with Gasteiger partial charge in [-0.2, -0.15) is 0 Å². The SMILES string of the molecule is CCC(C(=O)NC)N(Cc1ccc(C)cc1)C(=O)CN(c1ccccc1C)S(C)(=O)=O. The van der Waals surface area contributed by atoms with Crippen LogP contribution in [-0.4, -0.2) is 51.0 Å². The standard InChI is InChI=1S/C23H31N3O4S/c1-6-20(23(28)24-4)25(15-19-13-11-17(2)12-14-19)22(27)16-26(31(5,29)30)21-10-8-7-9-18(21)3/h7-14,20H,6,15-16H2,1-5H3,(H,24,28). The molecule has 0 radical (unpaired) electrons. The lowest BCUT2D eigenvalue weighted by Gasteiger charge is -2.33. The third-order valence-electron chi connectivity index (χ3n) is 5.17. The summed E-state index contributed by atoms with van der Waals surface area (Å²) in [5.74, 6) is -0.727. The topological polar surface area (TPSA) is 86.8 Å². The summed E-state index contributed by atoms with van der Waals surface area (Å²) in [6, 6.07) is 14.0. The second-order valence-corrected chi connectivity index (χ2v) is 9.51. The molecule has 0 bridgehead atoms. The smallest absolute Gasteiger partial charge is 0.244 e. The highest BCUT2D eigenvalue weighted by atomic mass is 32.2. The molecule has 0 aliphatic heterocycles. The first kappa shape index (κ1) is 24.4. The maximum Gasteiger partial charge on any atom is 0.244 e. The van der Waals surface area contributed by atoms with E-state index in [4.69, 9.17) is 0 Å². The van der Waals surface area contributed by atoms with Gasteiger partial charge in [0.05, 0.1) is 11.9 Å². The molecule has 0 aliphatic rings. The van der Waals surface area contributed by atoms with Gasteiger partial charge in [-0.05, 0) is 37.5 Å². The molecule has 7 nitrogen and oxygen atoms in total. The number of nitrogens with one attached hydrogen (secondary N) is 1. The fraction of sp³-hybridized carbons (Fsp3) is 0.391. The number of nitrogens with zero attached hydrogens (tertiary/aromatic N) is 2. The minimum atomic E-state index is -3.72. The second kappa shape index (κ2) is 10.4. The number of sulfonamides is 1. The molecule has 0 saturated heterocycles. The Morgan fingerprint density at radius 3 is 2.16 bits per heavy atom. The average molecular weight is 446 g/mol. The molecule has 2 rings (SSSR count). The lowest BCUT2D eigenvalue weighted by Crippen LogP contribution is -2.51. The van der Waals surface area contributed by atoms with Crippen LogP contribution in [0.5, 0.6) is 0 Å². The summed E-state index contributed by atoms with van der Waals surface area (Å²) in [5.41, 5.74) is 3.14. The zero-order valence-corrected chi connectivity index (χ0v) is 19.6. The van der Waals surface area contributed by atoms with Gasteiger partial charge in [0.1, 0.15) is 12.6 Å². The van der Waals surface area contributed by atoms with Crippen LogP contribution in [0.15, 0.2) is 48.5 Å². The van der Waals surface area contributed by atoms with Crippen LogP contribution in [0, 0.1) is 13.8 Å². The van der Waals surface area contributed by atoms with Gasteiger partial charge in [-0.1, -0.05) is 55.0 Å². The number of rotatable bonds is 9. The zero-order valence-electron chi connectivity index (χ0n) is 18.8. The van der Waals surface area contributed by atoms with E-state index in [1.165, 1.54) is 11.9 Å². The highest BCUT2D eigenvalue weighted by molar-refractivity contribution is 7.92. The molecule has 0 saturated carbocycles. The number of aryl methyl sites for hydroxylation is 2. The highest BCUT2D eigenvalue weighted by Gasteiger charge is 2.31. The van der Waals surface area contributed by atoms with E-state index in [2.05, 4.69) is 5.32 Å². The fourth-order valence-electron chi connectivity index (χ4n) is 3.41. The number of amides is 2. The van der Waals surface area contributed by atoms with Crippen molar-refractivity contribution in [3.05, 3.63) is 65.2 Å². The molecular formula is C23H31N3O4S. The minimum absolute atomic E-state index is 0.205. The van der Waals surface area contributed by atoms with E-state index in [0.29, 0.717) is 12.1 Å². The highest BCUT2D eigenvalue weighted by Crippen LogP contribution is 2.23. The van der Waals surface area contributed by atoms with Gasteiger partial charge in [-0.3, -0.25) is 13.9 Å². The Hall–Kier alpha value is -2.87. The molecule has 8 heteroatoms. The molecule has 168 valence electrons. The number of likely N-dealkylation sites (N-methyl/N-ethyl adjacent to an activating group) is 1. The average Bonchev–Trinajstić information content (AvgIpc) is 2.72. The van der Waals surface area contributed by atoms with Crippen molar-refractivity contribution in [2.45, 2.75) is 39.8 Å². The van der Waals surface area contributed by atoms with Gasteiger partial charge in [0.25, 0.3) is 0 Å². The van der Waals surface area contributed by atoms with Crippen molar-refractivity contribution in [3.8, 4) is 0 Å². The molecule has 31 heavy (non-hydrogen) atoms. The van der Waals surface area contributed by atoms with E-state index in [0.717, 1.165) is 27.3 Å². The van der Waals surface area contributed by atoms with Gasteiger partial charge in [-0.25, -0.2) is 8.42 Å². The molecule has 2 aromatic rings. The first-order chi connectivity index (χ1) is 14.6. The number of hydrogen-bond acceptors (Lipinski definition) is 4. The van der Waals surface area contributed by atoms with Crippen LogP contribution in [0.25, 0.3) is 0 Å². The molecule has 1 N–H and O–H groups in total. The first-order valence-electron chi connectivity index (χ1n) is 10.2. The van der Waals surface area contributed by atoms with Crippen LogP contribution in [0.1, 0.15) is 30.0 Å². The van der Waals surface area contributed by atoms with Crippen molar-refractivity contribution < 1.29 is 18.0 Å². The van der Waals surface area contributed by atoms with E-state index in [1.807, 2.05) is 44.2 Å². The molecule has 2 aromatic carbocycles. The van der Waals surface area contributed by atoms with E-state index in [1.54, 1.807) is 25.1 Å². The van der Waals surface area contributed by atoms with Gasteiger partial charge in [-0.15, -0.1) is 0 Å². The van der Waals surface area contributed by atoms with E-state index in [-0.39, 0.29) is 19.0 Å². The number of carbonyl (C=O) groups excluding carboxylic acids is 2. The van der Waals surface area contributed by atoms with Crippen LogP contribution in [0.4, 0.5) is 5.69 Å². The number of para-hydroxylation sites is 1. The van der Waals surface area contributed by atoms with Crippen LogP contribution < -0.4 is 9.62 Å². The Morgan fingerprint density at radius 2 is 1.65 bits per heavy atom. The Kier molecular flexibility index (Phi) is 8.21. The van der Waals surface area contributed by atoms with Gasteiger partial charge >= 0.3 is 0 Å². The lowest BCUT2D eigenvalue weighted by atomic mass is 10.1. The largest absolute Gasteiger partial charge is 0.357 e. The molecule has 0 fully saturated rings. The van der Waals surface area contributed by atoms with Crippen LogP contribution >= 0.6 is 0 Å². The molecule has 1 unspecified atom stereocenters. The van der Waals surface area contributed by atoms with Crippen LogP contribution in [-0.2, 0) is 26.2 Å². The molecule has 0 heterocycles. The Morgan fingerprint density at radius 1 is 1.03 bits per heavy atom. The van der Waals surface area contributed by atoms with Gasteiger partial charge in [0.2, 0.25) is 21.8 Å². The zero-order chi connectivity index (χ0) is 23.2. The molecule has 1 atom stereocenters. The summed E-state index contributed by atoms with van der Waals surface area (Å²) in [4.78, 5) is 27.4. The van der Waals surface area contributed by atoms with Crippen molar-refractivity contribution in [3.63, 3.8) is 0 Å². The maximum absolute atomic E-state index is 13.4. The van der Waals surface area contributed by atoms with Gasteiger partial charge in [0.15, 0.2) is 0 Å². The monoisotopic (exact) mass is 445 g/mol. The number of carbonyl (C=O) groups is 2. The van der Waals surface area contributed by atoms with Crippen LogP contribution in [0.2, 0.25) is 0 Å². The predicted octanol–water partition coefficient (Wildman–Crippen LogP) is 2.62. The number of anilines is 1. The number of benzene rings is 2. The Labute approximate surface area is 185 Å². The van der Waals surface area contributed by atoms with E-state index in [9.17, 15) is 18.0 Å². The summed E-state index contributed by atoms with van der Waals surface area (Å²) < 4.78 is 26.2. The van der Waals surface area contributed by atoms with Crippen LogP contribution in [0.3, 0.4) is 0 Å². The Balaban J connectivity index is 2.43. The van der Waals surface area contributed by atoms with E-state index >= 15 is 0 Å². The van der Waals surface area contributed by atoms with Gasteiger partial charge < -0.3 is 10.2 Å². The molecular weight excluding hydrogens is 414 g/mol. The van der Waals surface area contributed by atoms with Crippen molar-refractivity contribution in [1.82, 2.24) is 10.2 Å². The first-order valence-corrected chi connectivity index (χ1v) is 12.0. The fourth-order valence-corrected chi connectivity index (χ4v) is 4.32. The third-order valence-corrected chi connectivity index (χ3v) is 6.30. The van der Waals surface area contributed by atoms with Crippen molar-refractivity contribution in [1.29, 1.82) is 0 Å². The summed E-state index contributed by atoms with van der Waals surface area (Å²) in [6.45, 7) is 5.41. The van der Waals surface area contributed by atoms with E-state index < -0.39 is 22.0 Å².